The molecule has 0 fully saturated rings. The van der Waals surface area contributed by atoms with Crippen LogP contribution in [0.4, 0.5) is 0 Å². The first kappa shape index (κ1) is 12.9. The maximum absolute atomic E-state index is 6.94. The molecule has 0 aliphatic rings. The monoisotopic (exact) mass is 186 g/mol. The average Bonchev–Trinajstić information content (AvgIpc) is 2.16. The van der Waals surface area contributed by atoms with E-state index in [4.69, 9.17) is 5.73 Å². The summed E-state index contributed by atoms with van der Waals surface area (Å²) < 4.78 is 0. The molecule has 3 heteroatoms. The van der Waals surface area contributed by atoms with Crippen LogP contribution >= 0.6 is 0 Å². The quantitative estimate of drug-likeness (QED) is 0.501. The summed E-state index contributed by atoms with van der Waals surface area (Å²) in [7, 11) is 0. The third-order valence-corrected chi connectivity index (χ3v) is 1.94. The highest BCUT2D eigenvalue weighted by molar-refractivity contribution is 4.52. The van der Waals surface area contributed by atoms with E-state index in [1.54, 1.807) is 0 Å². The molecule has 0 aromatic rings. The van der Waals surface area contributed by atoms with Crippen molar-refractivity contribution < 1.29 is 0 Å². The molecule has 0 atom stereocenters. The molecule has 0 unspecified atom stereocenters. The molecule has 3 N–H and O–H groups in total. The Hall–Kier alpha value is -0.120. The van der Waals surface area contributed by atoms with Gasteiger partial charge in [-0.25, -0.2) is 0 Å². The van der Waals surface area contributed by atoms with Crippen LogP contribution < -0.4 is 16.4 Å². The van der Waals surface area contributed by atoms with E-state index in [2.05, 4.69) is 17.6 Å². The van der Waals surface area contributed by atoms with E-state index in [-0.39, 0.29) is 0 Å². The van der Waals surface area contributed by atoms with E-state index in [9.17, 15) is 0 Å². The topological polar surface area (TPSA) is 47.9 Å². The summed E-state index contributed by atoms with van der Waals surface area (Å²) in [4.78, 5) is 0. The standard InChI is InChI=1S/C10H24N3/c1-2-3-7-12-9-5-10-13-8-4-6-11/h11-13H,2-10H2,1H3. The van der Waals surface area contributed by atoms with Gasteiger partial charge in [0.15, 0.2) is 0 Å². The van der Waals surface area contributed by atoms with Gasteiger partial charge in [-0.05, 0) is 45.4 Å². The van der Waals surface area contributed by atoms with Gasteiger partial charge in [0.05, 0.1) is 0 Å². The van der Waals surface area contributed by atoms with Crippen LogP contribution in [0.15, 0.2) is 0 Å². The minimum atomic E-state index is 0.543. The van der Waals surface area contributed by atoms with Crippen LogP contribution in [0.3, 0.4) is 0 Å². The smallest absolute Gasteiger partial charge is 0.0112 e. The predicted octanol–water partition coefficient (Wildman–Crippen LogP) is 1.03. The Morgan fingerprint density at radius 2 is 1.38 bits per heavy atom. The van der Waals surface area contributed by atoms with E-state index in [1.165, 1.54) is 19.3 Å². The summed E-state index contributed by atoms with van der Waals surface area (Å²) in [5.41, 5.74) is 6.94. The van der Waals surface area contributed by atoms with Gasteiger partial charge in [0.2, 0.25) is 0 Å². The molecule has 0 aromatic heterocycles. The number of hydrogen-bond acceptors (Lipinski definition) is 2. The molecule has 0 rings (SSSR count). The fourth-order valence-corrected chi connectivity index (χ4v) is 1.10. The van der Waals surface area contributed by atoms with Crippen molar-refractivity contribution in [3.05, 3.63) is 0 Å². The minimum absolute atomic E-state index is 0.543. The Labute approximate surface area is 82.5 Å². The first-order valence-electron chi connectivity index (χ1n) is 5.47. The van der Waals surface area contributed by atoms with Crippen molar-refractivity contribution in [1.82, 2.24) is 16.4 Å². The van der Waals surface area contributed by atoms with Gasteiger partial charge >= 0.3 is 0 Å². The third kappa shape index (κ3) is 11.9. The van der Waals surface area contributed by atoms with Gasteiger partial charge in [-0.15, -0.1) is 0 Å². The molecule has 0 bridgehead atoms. The van der Waals surface area contributed by atoms with Crippen molar-refractivity contribution in [2.24, 2.45) is 0 Å². The summed E-state index contributed by atoms with van der Waals surface area (Å²) in [6, 6.07) is 0. The van der Waals surface area contributed by atoms with Crippen LogP contribution in [-0.4, -0.2) is 32.7 Å². The van der Waals surface area contributed by atoms with Crippen molar-refractivity contribution in [1.29, 1.82) is 0 Å². The highest BCUT2D eigenvalue weighted by Crippen LogP contribution is 1.82. The third-order valence-electron chi connectivity index (χ3n) is 1.94. The molecule has 79 valence electrons. The lowest BCUT2D eigenvalue weighted by Crippen LogP contribution is -2.23. The number of unbranched alkanes of at least 4 members (excludes halogenated alkanes) is 1. The first-order chi connectivity index (χ1) is 6.41. The van der Waals surface area contributed by atoms with Crippen LogP contribution in [0.5, 0.6) is 0 Å². The van der Waals surface area contributed by atoms with Crippen LogP contribution in [-0.2, 0) is 0 Å². The van der Waals surface area contributed by atoms with Gasteiger partial charge < -0.3 is 10.6 Å². The van der Waals surface area contributed by atoms with E-state index in [1.807, 2.05) is 0 Å². The van der Waals surface area contributed by atoms with Crippen molar-refractivity contribution >= 4 is 0 Å². The molecule has 0 aliphatic carbocycles. The fraction of sp³-hybridized carbons (Fsp3) is 1.00. The lowest BCUT2D eigenvalue weighted by atomic mass is 10.3. The SMILES string of the molecule is CCCCNCCCNCCC[NH]. The highest BCUT2D eigenvalue weighted by Gasteiger charge is 1.88. The zero-order valence-electron chi connectivity index (χ0n) is 8.86. The Morgan fingerprint density at radius 1 is 0.846 bits per heavy atom. The molecule has 13 heavy (non-hydrogen) atoms. The van der Waals surface area contributed by atoms with E-state index in [0.717, 1.165) is 32.6 Å². The largest absolute Gasteiger partial charge is 0.317 e. The van der Waals surface area contributed by atoms with Crippen LogP contribution in [0, 0.1) is 0 Å². The molecule has 0 aromatic carbocycles. The zero-order chi connectivity index (χ0) is 9.78. The summed E-state index contributed by atoms with van der Waals surface area (Å²) in [6.45, 7) is 7.11. The van der Waals surface area contributed by atoms with Gasteiger partial charge in [0.1, 0.15) is 0 Å². The Balaban J connectivity index is 2.76. The Kier molecular flexibility index (Phi) is 11.8. The van der Waals surface area contributed by atoms with E-state index in [0.29, 0.717) is 6.54 Å². The molecular weight excluding hydrogens is 162 g/mol. The molecular formula is C10H24N3. The Bertz CT molecular complexity index is 76.2. The maximum atomic E-state index is 6.94. The summed E-state index contributed by atoms with van der Waals surface area (Å²) in [6.07, 6.45) is 4.73. The molecule has 3 nitrogen and oxygen atoms in total. The maximum Gasteiger partial charge on any atom is 0.0112 e. The Morgan fingerprint density at radius 3 is 1.92 bits per heavy atom. The van der Waals surface area contributed by atoms with Gasteiger partial charge in [0.25, 0.3) is 0 Å². The minimum Gasteiger partial charge on any atom is -0.317 e. The number of hydrogen-bond donors (Lipinski definition) is 2. The fourth-order valence-electron chi connectivity index (χ4n) is 1.10. The van der Waals surface area contributed by atoms with E-state index < -0.39 is 0 Å². The van der Waals surface area contributed by atoms with Crippen LogP contribution in [0.25, 0.3) is 0 Å². The second-order valence-electron chi connectivity index (χ2n) is 3.31. The summed E-state index contributed by atoms with van der Waals surface area (Å²) in [5, 5.41) is 6.72. The average molecular weight is 186 g/mol. The van der Waals surface area contributed by atoms with Gasteiger partial charge in [-0.2, -0.15) is 0 Å². The second-order valence-corrected chi connectivity index (χ2v) is 3.31. The van der Waals surface area contributed by atoms with Crippen LogP contribution in [0.1, 0.15) is 32.6 Å². The number of nitrogens with one attached hydrogen (secondary N) is 3. The van der Waals surface area contributed by atoms with Crippen LogP contribution in [0.2, 0.25) is 0 Å². The second kappa shape index (κ2) is 11.9. The van der Waals surface area contributed by atoms with Gasteiger partial charge in [-0.1, -0.05) is 13.3 Å². The molecule has 0 heterocycles. The summed E-state index contributed by atoms with van der Waals surface area (Å²) in [5.74, 6) is 0. The van der Waals surface area contributed by atoms with Crippen molar-refractivity contribution in [3.8, 4) is 0 Å². The zero-order valence-corrected chi connectivity index (χ0v) is 8.86. The molecule has 0 saturated heterocycles. The predicted molar refractivity (Wildman–Crippen MR) is 57.8 cm³/mol. The molecule has 0 amide bonds. The normalized spacial score (nSPS) is 10.6. The van der Waals surface area contributed by atoms with Gasteiger partial charge in [0, 0.05) is 6.54 Å². The van der Waals surface area contributed by atoms with Gasteiger partial charge in [-0.3, -0.25) is 5.73 Å². The van der Waals surface area contributed by atoms with Crippen molar-refractivity contribution in [3.63, 3.8) is 0 Å². The lowest BCUT2D eigenvalue weighted by Gasteiger charge is -2.04. The van der Waals surface area contributed by atoms with E-state index >= 15 is 0 Å². The summed E-state index contributed by atoms with van der Waals surface area (Å²) >= 11 is 0. The highest BCUT2D eigenvalue weighted by atomic mass is 14.9. The van der Waals surface area contributed by atoms with Crippen molar-refractivity contribution in [2.45, 2.75) is 32.6 Å². The number of rotatable bonds is 10. The molecule has 0 aliphatic heterocycles. The molecule has 1 radical (unpaired) electrons. The first-order valence-corrected chi connectivity index (χ1v) is 5.47. The van der Waals surface area contributed by atoms with Crippen molar-refractivity contribution in [2.75, 3.05) is 32.7 Å². The lowest BCUT2D eigenvalue weighted by molar-refractivity contribution is 0.574. The molecule has 0 spiro atoms. The molecule has 0 saturated carbocycles.